The quantitative estimate of drug-likeness (QED) is 0.701. The molecule has 1 aromatic rings. The number of pyridine rings is 1. The smallest absolute Gasteiger partial charge is 0.125 e. The Morgan fingerprint density at radius 2 is 2.33 bits per heavy atom. The third-order valence-electron chi connectivity index (χ3n) is 1.37. The summed E-state index contributed by atoms with van der Waals surface area (Å²) >= 11 is 5.64. The van der Waals surface area contributed by atoms with Crippen LogP contribution in [0.2, 0.25) is 5.02 Å². The molecule has 0 saturated carbocycles. The lowest BCUT2D eigenvalue weighted by Crippen LogP contribution is -2.04. The van der Waals surface area contributed by atoms with Crippen LogP contribution in [0.4, 0.5) is 5.82 Å². The van der Waals surface area contributed by atoms with Gasteiger partial charge in [0.15, 0.2) is 0 Å². The van der Waals surface area contributed by atoms with Crippen molar-refractivity contribution in [2.24, 2.45) is 0 Å². The van der Waals surface area contributed by atoms with Gasteiger partial charge in [0.1, 0.15) is 5.82 Å². The number of hydrogen-bond acceptors (Lipinski definition) is 3. The molecule has 0 aromatic carbocycles. The molecule has 66 valence electrons. The van der Waals surface area contributed by atoms with Gasteiger partial charge in [-0.15, -0.1) is 0 Å². The molecule has 0 atom stereocenters. The SMILES string of the molecule is OCCCNc1ccc(Cl)cn1. The van der Waals surface area contributed by atoms with Crippen molar-refractivity contribution in [1.29, 1.82) is 0 Å². The number of hydrogen-bond donors (Lipinski definition) is 2. The summed E-state index contributed by atoms with van der Waals surface area (Å²) in [5, 5.41) is 12.2. The molecule has 0 aliphatic rings. The summed E-state index contributed by atoms with van der Waals surface area (Å²) in [6.45, 7) is 0.922. The molecule has 1 rings (SSSR count). The van der Waals surface area contributed by atoms with E-state index < -0.39 is 0 Å². The van der Waals surface area contributed by atoms with E-state index >= 15 is 0 Å². The highest BCUT2D eigenvalue weighted by Crippen LogP contribution is 2.08. The Kier molecular flexibility index (Phi) is 3.84. The standard InChI is InChI=1S/C8H11ClN2O/c9-7-2-3-8(11-6-7)10-4-1-5-12/h2-3,6,12H,1,4-5H2,(H,10,11). The van der Waals surface area contributed by atoms with Crippen LogP contribution in [0, 0.1) is 0 Å². The first-order valence-corrected chi connectivity index (χ1v) is 4.17. The van der Waals surface area contributed by atoms with Crippen LogP contribution in [0.3, 0.4) is 0 Å². The minimum absolute atomic E-state index is 0.195. The van der Waals surface area contributed by atoms with Gasteiger partial charge in [0.05, 0.1) is 5.02 Å². The molecule has 0 unspecified atom stereocenters. The third kappa shape index (κ3) is 3.07. The number of nitrogens with zero attached hydrogens (tertiary/aromatic N) is 1. The molecule has 1 aromatic heterocycles. The van der Waals surface area contributed by atoms with E-state index in [1.165, 1.54) is 0 Å². The summed E-state index contributed by atoms with van der Waals surface area (Å²) in [4.78, 5) is 4.03. The van der Waals surface area contributed by atoms with Crippen LogP contribution in [-0.2, 0) is 0 Å². The monoisotopic (exact) mass is 186 g/mol. The second-order valence-electron chi connectivity index (χ2n) is 2.37. The van der Waals surface area contributed by atoms with Crippen molar-refractivity contribution in [2.45, 2.75) is 6.42 Å². The number of aliphatic hydroxyl groups excluding tert-OH is 1. The normalized spacial score (nSPS) is 9.83. The molecule has 1 heterocycles. The average molecular weight is 187 g/mol. The molecule has 0 spiro atoms. The lowest BCUT2D eigenvalue weighted by Gasteiger charge is -2.02. The second kappa shape index (κ2) is 4.95. The van der Waals surface area contributed by atoms with Crippen molar-refractivity contribution in [1.82, 2.24) is 4.98 Å². The van der Waals surface area contributed by atoms with Gasteiger partial charge in [-0.3, -0.25) is 0 Å². The molecule has 0 aliphatic carbocycles. The maximum atomic E-state index is 8.51. The Labute approximate surface area is 76.4 Å². The van der Waals surface area contributed by atoms with E-state index in [0.29, 0.717) is 5.02 Å². The fourth-order valence-electron chi connectivity index (χ4n) is 0.776. The Bertz CT molecular complexity index is 225. The molecule has 3 nitrogen and oxygen atoms in total. The lowest BCUT2D eigenvalue weighted by molar-refractivity contribution is 0.292. The van der Waals surface area contributed by atoms with Crippen LogP contribution in [0.1, 0.15) is 6.42 Å². The van der Waals surface area contributed by atoms with Crippen molar-refractivity contribution >= 4 is 17.4 Å². The number of anilines is 1. The Hall–Kier alpha value is -0.800. The Morgan fingerprint density at radius 1 is 1.50 bits per heavy atom. The minimum atomic E-state index is 0.195. The largest absolute Gasteiger partial charge is 0.396 e. The first kappa shape index (κ1) is 9.29. The van der Waals surface area contributed by atoms with E-state index in [1.807, 2.05) is 0 Å². The predicted molar refractivity (Wildman–Crippen MR) is 49.4 cm³/mol. The van der Waals surface area contributed by atoms with Crippen LogP contribution < -0.4 is 5.32 Å². The van der Waals surface area contributed by atoms with Crippen molar-refractivity contribution in [3.05, 3.63) is 23.4 Å². The van der Waals surface area contributed by atoms with Crippen molar-refractivity contribution < 1.29 is 5.11 Å². The third-order valence-corrected chi connectivity index (χ3v) is 1.59. The number of nitrogens with one attached hydrogen (secondary N) is 1. The summed E-state index contributed by atoms with van der Waals surface area (Å²) in [6.07, 6.45) is 2.31. The molecule has 4 heteroatoms. The van der Waals surface area contributed by atoms with E-state index in [-0.39, 0.29) is 6.61 Å². The van der Waals surface area contributed by atoms with Crippen molar-refractivity contribution in [3.8, 4) is 0 Å². The maximum Gasteiger partial charge on any atom is 0.125 e. The fraction of sp³-hybridized carbons (Fsp3) is 0.375. The molecular formula is C8H11ClN2O. The van der Waals surface area contributed by atoms with Gasteiger partial charge < -0.3 is 10.4 Å². The van der Waals surface area contributed by atoms with Gasteiger partial charge in [0, 0.05) is 19.3 Å². The summed E-state index contributed by atoms with van der Waals surface area (Å²) in [5.41, 5.74) is 0. The van der Waals surface area contributed by atoms with Gasteiger partial charge in [-0.1, -0.05) is 11.6 Å². The molecule has 0 fully saturated rings. The van der Waals surface area contributed by atoms with Gasteiger partial charge in [0.2, 0.25) is 0 Å². The first-order chi connectivity index (χ1) is 5.83. The zero-order chi connectivity index (χ0) is 8.81. The average Bonchev–Trinajstić information content (AvgIpc) is 2.09. The topological polar surface area (TPSA) is 45.1 Å². The van der Waals surface area contributed by atoms with Gasteiger partial charge in [-0.05, 0) is 18.6 Å². The first-order valence-electron chi connectivity index (χ1n) is 3.79. The maximum absolute atomic E-state index is 8.51. The predicted octanol–water partition coefficient (Wildman–Crippen LogP) is 1.53. The zero-order valence-electron chi connectivity index (χ0n) is 6.63. The van der Waals surface area contributed by atoms with E-state index in [9.17, 15) is 0 Å². The number of rotatable bonds is 4. The molecule has 0 saturated heterocycles. The van der Waals surface area contributed by atoms with Gasteiger partial charge in [-0.2, -0.15) is 0 Å². The Balaban J connectivity index is 2.37. The van der Waals surface area contributed by atoms with Crippen molar-refractivity contribution in [3.63, 3.8) is 0 Å². The van der Waals surface area contributed by atoms with E-state index in [4.69, 9.17) is 16.7 Å². The number of aliphatic hydroxyl groups is 1. The summed E-state index contributed by atoms with van der Waals surface area (Å²) in [5.74, 6) is 0.785. The molecule has 0 aliphatic heterocycles. The molecule has 0 radical (unpaired) electrons. The lowest BCUT2D eigenvalue weighted by atomic mass is 10.4. The van der Waals surface area contributed by atoms with Gasteiger partial charge in [-0.25, -0.2) is 4.98 Å². The van der Waals surface area contributed by atoms with E-state index in [2.05, 4.69) is 10.3 Å². The highest BCUT2D eigenvalue weighted by Gasteiger charge is 1.91. The number of aromatic nitrogens is 1. The highest BCUT2D eigenvalue weighted by atomic mass is 35.5. The van der Waals surface area contributed by atoms with Crippen molar-refractivity contribution in [2.75, 3.05) is 18.5 Å². The van der Waals surface area contributed by atoms with Crippen LogP contribution in [0.25, 0.3) is 0 Å². The molecule has 2 N–H and O–H groups in total. The molecule has 0 amide bonds. The van der Waals surface area contributed by atoms with E-state index in [1.54, 1.807) is 18.3 Å². The molecular weight excluding hydrogens is 176 g/mol. The molecule has 0 bridgehead atoms. The van der Waals surface area contributed by atoms with E-state index in [0.717, 1.165) is 18.8 Å². The summed E-state index contributed by atoms with van der Waals surface area (Å²) < 4.78 is 0. The van der Waals surface area contributed by atoms with Crippen LogP contribution >= 0.6 is 11.6 Å². The summed E-state index contributed by atoms with van der Waals surface area (Å²) in [7, 11) is 0. The molecule has 12 heavy (non-hydrogen) atoms. The second-order valence-corrected chi connectivity index (χ2v) is 2.80. The Morgan fingerprint density at radius 3 is 2.92 bits per heavy atom. The summed E-state index contributed by atoms with van der Waals surface area (Å²) in [6, 6.07) is 3.58. The highest BCUT2D eigenvalue weighted by molar-refractivity contribution is 6.30. The van der Waals surface area contributed by atoms with Gasteiger partial charge >= 0.3 is 0 Å². The zero-order valence-corrected chi connectivity index (χ0v) is 7.38. The fourth-order valence-corrected chi connectivity index (χ4v) is 0.888. The number of halogens is 1. The minimum Gasteiger partial charge on any atom is -0.396 e. The van der Waals surface area contributed by atoms with Gasteiger partial charge in [0.25, 0.3) is 0 Å². The van der Waals surface area contributed by atoms with Crippen LogP contribution in [0.15, 0.2) is 18.3 Å². The van der Waals surface area contributed by atoms with Crippen LogP contribution in [-0.4, -0.2) is 23.2 Å². The van der Waals surface area contributed by atoms with Crippen LogP contribution in [0.5, 0.6) is 0 Å².